The number of piperazine rings is 1. The Morgan fingerprint density at radius 2 is 2.11 bits per heavy atom. The van der Waals surface area contributed by atoms with E-state index in [-0.39, 0.29) is 0 Å². The summed E-state index contributed by atoms with van der Waals surface area (Å²) in [5, 5.41) is 4.55. The number of fused-ring (bicyclic) bond motifs is 1. The fourth-order valence-corrected chi connectivity index (χ4v) is 2.87. The Morgan fingerprint density at radius 1 is 1.28 bits per heavy atom. The predicted molar refractivity (Wildman–Crippen MR) is 76.9 cm³/mol. The van der Waals surface area contributed by atoms with Crippen LogP contribution in [-0.4, -0.2) is 37.6 Å². The third-order valence-corrected chi connectivity index (χ3v) is 4.06. The smallest absolute Gasteiger partial charge is 0.148 e. The minimum absolute atomic E-state index is 0.966. The summed E-state index contributed by atoms with van der Waals surface area (Å²) in [4.78, 5) is 2.48. The minimum Gasteiger partial charge on any atom is -0.460 e. The number of rotatable bonds is 3. The van der Waals surface area contributed by atoms with E-state index in [1.165, 1.54) is 5.39 Å². The summed E-state index contributed by atoms with van der Waals surface area (Å²) < 4.78 is 6.94. The molecule has 18 heavy (non-hydrogen) atoms. The van der Waals surface area contributed by atoms with Crippen molar-refractivity contribution >= 4 is 26.9 Å². The van der Waals surface area contributed by atoms with E-state index in [1.54, 1.807) is 0 Å². The maximum atomic E-state index is 5.90. The molecule has 0 atom stereocenters. The molecule has 3 rings (SSSR count). The lowest BCUT2D eigenvalue weighted by Crippen LogP contribution is -2.44. The first-order valence-electron chi connectivity index (χ1n) is 6.43. The Morgan fingerprint density at radius 3 is 2.89 bits per heavy atom. The molecule has 1 fully saturated rings. The van der Waals surface area contributed by atoms with Gasteiger partial charge in [0.1, 0.15) is 11.3 Å². The molecule has 0 spiro atoms. The van der Waals surface area contributed by atoms with Gasteiger partial charge in [-0.25, -0.2) is 0 Å². The third kappa shape index (κ3) is 2.60. The van der Waals surface area contributed by atoms with Gasteiger partial charge in [0.15, 0.2) is 0 Å². The second-order valence-electron chi connectivity index (χ2n) is 4.71. The maximum absolute atomic E-state index is 5.90. The zero-order chi connectivity index (χ0) is 12.4. The van der Waals surface area contributed by atoms with Crippen LogP contribution >= 0.6 is 15.9 Å². The van der Waals surface area contributed by atoms with Gasteiger partial charge in [0.2, 0.25) is 0 Å². The highest BCUT2D eigenvalue weighted by Gasteiger charge is 2.11. The van der Waals surface area contributed by atoms with Gasteiger partial charge < -0.3 is 14.6 Å². The van der Waals surface area contributed by atoms with Crippen molar-refractivity contribution in [3.8, 4) is 0 Å². The summed E-state index contributed by atoms with van der Waals surface area (Å²) in [6.07, 6.45) is 0.987. The first-order valence-corrected chi connectivity index (χ1v) is 7.22. The molecule has 0 bridgehead atoms. The Labute approximate surface area is 115 Å². The fourth-order valence-electron chi connectivity index (χ4n) is 2.41. The van der Waals surface area contributed by atoms with Crippen LogP contribution in [0.15, 0.2) is 33.2 Å². The average molecular weight is 309 g/mol. The SMILES string of the molecule is Brc1cccc2cc(CCN3CCNCC3)oc12. The van der Waals surface area contributed by atoms with Crippen LogP contribution in [0.2, 0.25) is 0 Å². The Hall–Kier alpha value is -0.840. The van der Waals surface area contributed by atoms with Crippen molar-refractivity contribution in [3.63, 3.8) is 0 Å². The van der Waals surface area contributed by atoms with Crippen LogP contribution in [0.4, 0.5) is 0 Å². The van der Waals surface area contributed by atoms with Crippen LogP contribution < -0.4 is 5.32 Å². The van der Waals surface area contributed by atoms with Crippen molar-refractivity contribution in [1.29, 1.82) is 0 Å². The Bertz CT molecular complexity index is 532. The summed E-state index contributed by atoms with van der Waals surface area (Å²) in [6, 6.07) is 8.31. The monoisotopic (exact) mass is 308 g/mol. The van der Waals surface area contributed by atoms with Gasteiger partial charge in [0, 0.05) is 44.5 Å². The highest BCUT2D eigenvalue weighted by molar-refractivity contribution is 9.10. The molecule has 2 heterocycles. The second kappa shape index (κ2) is 5.43. The number of hydrogen-bond acceptors (Lipinski definition) is 3. The summed E-state index contributed by atoms with van der Waals surface area (Å²) in [6.45, 7) is 5.57. The van der Waals surface area contributed by atoms with Crippen molar-refractivity contribution < 1.29 is 4.42 Å². The van der Waals surface area contributed by atoms with E-state index < -0.39 is 0 Å². The third-order valence-electron chi connectivity index (χ3n) is 3.43. The van der Waals surface area contributed by atoms with Crippen LogP contribution in [-0.2, 0) is 6.42 Å². The molecule has 0 saturated carbocycles. The Kier molecular flexibility index (Phi) is 3.68. The molecule has 0 radical (unpaired) electrons. The summed E-state index contributed by atoms with van der Waals surface area (Å²) in [7, 11) is 0. The second-order valence-corrected chi connectivity index (χ2v) is 5.57. The van der Waals surface area contributed by atoms with Gasteiger partial charge in [0.05, 0.1) is 4.47 Å². The minimum atomic E-state index is 0.966. The van der Waals surface area contributed by atoms with Crippen molar-refractivity contribution in [1.82, 2.24) is 10.2 Å². The number of halogens is 1. The van der Waals surface area contributed by atoms with Crippen LogP contribution in [0, 0.1) is 0 Å². The van der Waals surface area contributed by atoms with Gasteiger partial charge in [-0.05, 0) is 28.1 Å². The van der Waals surface area contributed by atoms with Crippen LogP contribution in [0.3, 0.4) is 0 Å². The van der Waals surface area contributed by atoms with Gasteiger partial charge in [-0.15, -0.1) is 0 Å². The van der Waals surface area contributed by atoms with Crippen LogP contribution in [0.25, 0.3) is 11.0 Å². The first kappa shape index (κ1) is 12.2. The van der Waals surface area contributed by atoms with E-state index in [1.807, 2.05) is 12.1 Å². The van der Waals surface area contributed by atoms with E-state index >= 15 is 0 Å². The van der Waals surface area contributed by atoms with Crippen molar-refractivity contribution in [2.45, 2.75) is 6.42 Å². The Balaban J connectivity index is 1.69. The molecule has 1 aromatic heterocycles. The summed E-state index contributed by atoms with van der Waals surface area (Å²) in [5.41, 5.74) is 0.966. The molecule has 1 aliphatic heterocycles. The van der Waals surface area contributed by atoms with E-state index in [2.05, 4.69) is 38.3 Å². The van der Waals surface area contributed by atoms with E-state index in [9.17, 15) is 0 Å². The molecule has 1 N–H and O–H groups in total. The highest BCUT2D eigenvalue weighted by atomic mass is 79.9. The fraction of sp³-hybridized carbons (Fsp3) is 0.429. The lowest BCUT2D eigenvalue weighted by molar-refractivity contribution is 0.239. The van der Waals surface area contributed by atoms with Gasteiger partial charge in [-0.1, -0.05) is 12.1 Å². The normalized spacial score (nSPS) is 17.4. The largest absolute Gasteiger partial charge is 0.460 e. The zero-order valence-corrected chi connectivity index (χ0v) is 11.9. The summed E-state index contributed by atoms with van der Waals surface area (Å²) in [5.74, 6) is 1.08. The molecule has 0 aliphatic carbocycles. The topological polar surface area (TPSA) is 28.4 Å². The number of furan rings is 1. The molecule has 1 aliphatic rings. The lowest BCUT2D eigenvalue weighted by atomic mass is 10.2. The zero-order valence-electron chi connectivity index (χ0n) is 10.3. The maximum Gasteiger partial charge on any atom is 0.148 e. The number of nitrogens with one attached hydrogen (secondary N) is 1. The average Bonchev–Trinajstić information content (AvgIpc) is 2.82. The molecule has 4 heteroatoms. The van der Waals surface area contributed by atoms with Gasteiger partial charge >= 0.3 is 0 Å². The van der Waals surface area contributed by atoms with Crippen LogP contribution in [0.5, 0.6) is 0 Å². The number of benzene rings is 1. The molecule has 1 aromatic carbocycles. The highest BCUT2D eigenvalue weighted by Crippen LogP contribution is 2.27. The van der Waals surface area contributed by atoms with Gasteiger partial charge in [-0.2, -0.15) is 0 Å². The molecule has 3 nitrogen and oxygen atoms in total. The van der Waals surface area contributed by atoms with Crippen LogP contribution in [0.1, 0.15) is 5.76 Å². The van der Waals surface area contributed by atoms with Crippen molar-refractivity contribution in [2.75, 3.05) is 32.7 Å². The number of nitrogens with zero attached hydrogens (tertiary/aromatic N) is 1. The molecular weight excluding hydrogens is 292 g/mol. The van der Waals surface area contributed by atoms with Gasteiger partial charge in [-0.3, -0.25) is 0 Å². The first-order chi connectivity index (χ1) is 8.83. The molecule has 2 aromatic rings. The van der Waals surface area contributed by atoms with Crippen molar-refractivity contribution in [2.24, 2.45) is 0 Å². The molecule has 96 valence electrons. The number of hydrogen-bond donors (Lipinski definition) is 1. The van der Waals surface area contributed by atoms with Gasteiger partial charge in [0.25, 0.3) is 0 Å². The van der Waals surface area contributed by atoms with Crippen molar-refractivity contribution in [3.05, 3.63) is 34.5 Å². The van der Waals surface area contributed by atoms with E-state index in [0.29, 0.717) is 0 Å². The quantitative estimate of drug-likeness (QED) is 0.945. The van der Waals surface area contributed by atoms with E-state index in [0.717, 1.165) is 55.0 Å². The lowest BCUT2D eigenvalue weighted by Gasteiger charge is -2.26. The standard InChI is InChI=1S/C14H17BrN2O/c15-13-3-1-2-11-10-12(18-14(11)13)4-7-17-8-5-16-6-9-17/h1-3,10,16H,4-9H2. The number of para-hydroxylation sites is 1. The summed E-state index contributed by atoms with van der Waals surface area (Å²) >= 11 is 3.53. The van der Waals surface area contributed by atoms with E-state index in [4.69, 9.17) is 4.42 Å². The predicted octanol–water partition coefficient (Wildman–Crippen LogP) is 2.64. The molecule has 1 saturated heterocycles. The molecule has 0 unspecified atom stereocenters. The molecule has 0 amide bonds. The molecular formula is C14H17BrN2O.